The van der Waals surface area contributed by atoms with E-state index in [1.165, 1.54) is 30.5 Å². The van der Waals surface area contributed by atoms with Gasteiger partial charge in [-0.25, -0.2) is 0 Å². The molecule has 1 atom stereocenters. The summed E-state index contributed by atoms with van der Waals surface area (Å²) >= 11 is 11.8. The third-order valence-corrected chi connectivity index (χ3v) is 4.57. The molecule has 0 aliphatic carbocycles. The molecular formula is C18H14Cl2F3N. The Hall–Kier alpha value is -1.65. The standard InChI is InChI=1S/C18H14Cl2F3N/c19-15-8-14(9-16(20)10-15)17(18(21,22)23)6-7-24(12-17)11-13-4-2-1-3-5-13/h1-10H,11-12H2. The zero-order chi connectivity index (χ0) is 17.4. The third kappa shape index (κ3) is 3.26. The van der Waals surface area contributed by atoms with E-state index >= 15 is 0 Å². The Morgan fingerprint density at radius 1 is 1.00 bits per heavy atom. The van der Waals surface area contributed by atoms with Crippen LogP contribution in [0.1, 0.15) is 11.1 Å². The van der Waals surface area contributed by atoms with Gasteiger partial charge in [-0.2, -0.15) is 13.2 Å². The fourth-order valence-electron chi connectivity index (χ4n) is 2.93. The van der Waals surface area contributed by atoms with Gasteiger partial charge < -0.3 is 4.90 Å². The predicted molar refractivity (Wildman–Crippen MR) is 90.2 cm³/mol. The molecule has 0 bridgehead atoms. The van der Waals surface area contributed by atoms with Crippen molar-refractivity contribution in [3.8, 4) is 0 Å². The quantitative estimate of drug-likeness (QED) is 0.656. The summed E-state index contributed by atoms with van der Waals surface area (Å²) in [5, 5.41) is 0.382. The van der Waals surface area contributed by atoms with E-state index in [0.29, 0.717) is 6.54 Å². The van der Waals surface area contributed by atoms with Crippen LogP contribution >= 0.6 is 23.2 Å². The molecule has 24 heavy (non-hydrogen) atoms. The number of benzene rings is 2. The average Bonchev–Trinajstić information content (AvgIpc) is 2.92. The van der Waals surface area contributed by atoms with Crippen molar-refractivity contribution >= 4 is 23.2 Å². The van der Waals surface area contributed by atoms with Crippen molar-refractivity contribution in [1.29, 1.82) is 0 Å². The summed E-state index contributed by atoms with van der Waals surface area (Å²) < 4.78 is 41.7. The molecule has 1 aliphatic rings. The van der Waals surface area contributed by atoms with Crippen LogP contribution < -0.4 is 0 Å². The maximum atomic E-state index is 13.9. The van der Waals surface area contributed by atoms with E-state index in [4.69, 9.17) is 23.2 Å². The van der Waals surface area contributed by atoms with Crippen molar-refractivity contribution in [1.82, 2.24) is 4.90 Å². The van der Waals surface area contributed by atoms with Gasteiger partial charge in [0.15, 0.2) is 0 Å². The molecule has 1 unspecified atom stereocenters. The molecular weight excluding hydrogens is 358 g/mol. The minimum Gasteiger partial charge on any atom is -0.372 e. The molecule has 2 aromatic rings. The van der Waals surface area contributed by atoms with Gasteiger partial charge in [0.05, 0.1) is 0 Å². The minimum atomic E-state index is -4.46. The lowest BCUT2D eigenvalue weighted by molar-refractivity contribution is -0.176. The van der Waals surface area contributed by atoms with Crippen LogP contribution in [0.4, 0.5) is 13.2 Å². The smallest absolute Gasteiger partial charge is 0.372 e. The number of nitrogens with zero attached hydrogens (tertiary/aromatic N) is 1. The summed E-state index contributed by atoms with van der Waals surface area (Å²) in [6.45, 7) is 0.200. The molecule has 1 nitrogen and oxygen atoms in total. The molecule has 0 aromatic heterocycles. The summed E-state index contributed by atoms with van der Waals surface area (Å²) in [7, 11) is 0. The number of halogens is 5. The summed E-state index contributed by atoms with van der Waals surface area (Å²) in [5.41, 5.74) is -1.11. The van der Waals surface area contributed by atoms with E-state index < -0.39 is 11.6 Å². The van der Waals surface area contributed by atoms with Crippen molar-refractivity contribution in [2.45, 2.75) is 18.1 Å². The molecule has 0 fully saturated rings. The summed E-state index contributed by atoms with van der Waals surface area (Å²) in [6.07, 6.45) is -1.77. The topological polar surface area (TPSA) is 3.24 Å². The van der Waals surface area contributed by atoms with Gasteiger partial charge in [-0.3, -0.25) is 0 Å². The first-order chi connectivity index (χ1) is 11.3. The second-order valence-corrected chi connectivity index (χ2v) is 6.71. The Balaban J connectivity index is 1.94. The highest BCUT2D eigenvalue weighted by molar-refractivity contribution is 6.34. The lowest BCUT2D eigenvalue weighted by atomic mass is 9.80. The maximum Gasteiger partial charge on any atom is 0.403 e. The van der Waals surface area contributed by atoms with Gasteiger partial charge in [0.2, 0.25) is 0 Å². The number of rotatable bonds is 3. The fraction of sp³-hybridized carbons (Fsp3) is 0.222. The summed E-state index contributed by atoms with van der Waals surface area (Å²) in [5.74, 6) is 0. The highest BCUT2D eigenvalue weighted by Gasteiger charge is 2.57. The Kier molecular flexibility index (Phi) is 4.54. The van der Waals surface area contributed by atoms with E-state index in [9.17, 15) is 13.2 Å². The van der Waals surface area contributed by atoms with E-state index in [1.807, 2.05) is 30.3 Å². The van der Waals surface area contributed by atoms with Crippen molar-refractivity contribution < 1.29 is 13.2 Å². The van der Waals surface area contributed by atoms with Crippen LogP contribution in [-0.2, 0) is 12.0 Å². The average molecular weight is 372 g/mol. The van der Waals surface area contributed by atoms with Crippen LogP contribution in [0.2, 0.25) is 10.0 Å². The van der Waals surface area contributed by atoms with Gasteiger partial charge in [-0.15, -0.1) is 0 Å². The number of hydrogen-bond acceptors (Lipinski definition) is 1. The first-order valence-corrected chi connectivity index (χ1v) is 8.06. The van der Waals surface area contributed by atoms with Crippen LogP contribution in [0, 0.1) is 0 Å². The molecule has 126 valence electrons. The largest absolute Gasteiger partial charge is 0.403 e. The maximum absolute atomic E-state index is 13.9. The van der Waals surface area contributed by atoms with Crippen molar-refractivity contribution in [2.75, 3.05) is 6.54 Å². The Morgan fingerprint density at radius 2 is 1.62 bits per heavy atom. The molecule has 1 heterocycles. The van der Waals surface area contributed by atoms with E-state index in [-0.39, 0.29) is 22.2 Å². The molecule has 0 radical (unpaired) electrons. The van der Waals surface area contributed by atoms with Crippen LogP contribution in [0.5, 0.6) is 0 Å². The molecule has 3 rings (SSSR count). The molecule has 0 amide bonds. The fourth-order valence-corrected chi connectivity index (χ4v) is 3.46. The van der Waals surface area contributed by atoms with E-state index in [0.717, 1.165) is 5.56 Å². The highest BCUT2D eigenvalue weighted by Crippen LogP contribution is 2.47. The number of alkyl halides is 3. The summed E-state index contributed by atoms with van der Waals surface area (Å²) in [4.78, 5) is 1.65. The van der Waals surface area contributed by atoms with E-state index in [1.54, 1.807) is 4.90 Å². The van der Waals surface area contributed by atoms with Gasteiger partial charge in [0.25, 0.3) is 0 Å². The molecule has 0 saturated carbocycles. The Labute approximate surface area is 148 Å². The van der Waals surface area contributed by atoms with Crippen molar-refractivity contribution in [3.63, 3.8) is 0 Å². The van der Waals surface area contributed by atoms with Crippen LogP contribution in [0.25, 0.3) is 0 Å². The molecule has 2 aromatic carbocycles. The molecule has 1 aliphatic heterocycles. The van der Waals surface area contributed by atoms with Gasteiger partial charge in [0, 0.05) is 23.1 Å². The Bertz CT molecular complexity index is 738. The molecule has 0 saturated heterocycles. The summed E-state index contributed by atoms with van der Waals surface area (Å²) in [6, 6.07) is 13.5. The third-order valence-electron chi connectivity index (χ3n) is 4.13. The van der Waals surface area contributed by atoms with Crippen molar-refractivity contribution in [2.24, 2.45) is 0 Å². The van der Waals surface area contributed by atoms with Gasteiger partial charge in [0.1, 0.15) is 5.41 Å². The predicted octanol–water partition coefficient (Wildman–Crippen LogP) is 5.82. The van der Waals surface area contributed by atoms with Crippen LogP contribution in [0.3, 0.4) is 0 Å². The lowest BCUT2D eigenvalue weighted by Gasteiger charge is -2.32. The molecule has 0 N–H and O–H groups in total. The molecule has 0 spiro atoms. The Morgan fingerprint density at radius 3 is 2.21 bits per heavy atom. The monoisotopic (exact) mass is 371 g/mol. The minimum absolute atomic E-state index is 0.0549. The first kappa shape index (κ1) is 17.2. The SMILES string of the molecule is FC(F)(F)C1(c2cc(Cl)cc(Cl)c2)C=CN(Cc2ccccc2)C1. The van der Waals surface area contributed by atoms with Crippen molar-refractivity contribution in [3.05, 3.63) is 82.0 Å². The second-order valence-electron chi connectivity index (χ2n) is 5.83. The van der Waals surface area contributed by atoms with Crippen LogP contribution in [0.15, 0.2) is 60.8 Å². The zero-order valence-corrected chi connectivity index (χ0v) is 14.0. The molecule has 6 heteroatoms. The van der Waals surface area contributed by atoms with E-state index in [2.05, 4.69) is 0 Å². The zero-order valence-electron chi connectivity index (χ0n) is 12.5. The lowest BCUT2D eigenvalue weighted by Crippen LogP contribution is -2.45. The normalized spacial score (nSPS) is 20.6. The van der Waals surface area contributed by atoms with Gasteiger partial charge in [-0.05, 0) is 41.6 Å². The van der Waals surface area contributed by atoms with Gasteiger partial charge in [-0.1, -0.05) is 53.5 Å². The second kappa shape index (κ2) is 6.34. The van der Waals surface area contributed by atoms with Gasteiger partial charge >= 0.3 is 6.18 Å². The number of hydrogen-bond donors (Lipinski definition) is 0. The highest BCUT2D eigenvalue weighted by atomic mass is 35.5. The first-order valence-electron chi connectivity index (χ1n) is 7.31. The van der Waals surface area contributed by atoms with Crippen LogP contribution in [-0.4, -0.2) is 17.6 Å².